The molecule has 0 spiro atoms. The molecule has 0 aromatic heterocycles. The van der Waals surface area contributed by atoms with Gasteiger partial charge in [0, 0.05) is 23.0 Å². The Morgan fingerprint density at radius 1 is 1.35 bits per heavy atom. The van der Waals surface area contributed by atoms with Gasteiger partial charge in [-0.15, -0.1) is 12.4 Å². The molecule has 1 fully saturated rings. The third-order valence-corrected chi connectivity index (χ3v) is 4.52. The van der Waals surface area contributed by atoms with Crippen molar-refractivity contribution in [3.8, 4) is 5.75 Å². The summed E-state index contributed by atoms with van der Waals surface area (Å²) in [7, 11) is 0. The summed E-state index contributed by atoms with van der Waals surface area (Å²) in [6.07, 6.45) is 4.54. The quantitative estimate of drug-likeness (QED) is 0.680. The minimum Gasteiger partial charge on any atom is -0.494 e. The van der Waals surface area contributed by atoms with Crippen molar-refractivity contribution in [1.29, 1.82) is 0 Å². The van der Waals surface area contributed by atoms with Crippen LogP contribution < -0.4 is 15.4 Å². The van der Waals surface area contributed by atoms with Crippen LogP contribution >= 0.6 is 28.3 Å². The zero-order chi connectivity index (χ0) is 15.8. The minimum absolute atomic E-state index is 0. The van der Waals surface area contributed by atoms with E-state index in [0.717, 1.165) is 42.5 Å². The molecule has 0 radical (unpaired) electrons. The summed E-state index contributed by atoms with van der Waals surface area (Å²) in [5.41, 5.74) is 0. The van der Waals surface area contributed by atoms with Crippen molar-refractivity contribution in [3.05, 3.63) is 28.7 Å². The first kappa shape index (κ1) is 20.3. The van der Waals surface area contributed by atoms with Gasteiger partial charge in [-0.25, -0.2) is 0 Å². The molecule has 1 aliphatic rings. The highest BCUT2D eigenvalue weighted by Gasteiger charge is 2.21. The van der Waals surface area contributed by atoms with Gasteiger partial charge in [0.15, 0.2) is 0 Å². The molecule has 2 atom stereocenters. The topological polar surface area (TPSA) is 50.4 Å². The Morgan fingerprint density at radius 3 is 2.78 bits per heavy atom. The normalized spacial score (nSPS) is 20.4. The van der Waals surface area contributed by atoms with E-state index < -0.39 is 0 Å². The molecule has 1 saturated heterocycles. The Hall–Kier alpha value is -0.780. The molecule has 0 aliphatic carbocycles. The Morgan fingerprint density at radius 2 is 2.09 bits per heavy atom. The summed E-state index contributed by atoms with van der Waals surface area (Å²) in [6, 6.07) is 8.45. The van der Waals surface area contributed by atoms with Crippen LogP contribution in [0.3, 0.4) is 0 Å². The van der Waals surface area contributed by atoms with Gasteiger partial charge in [0.2, 0.25) is 5.91 Å². The highest BCUT2D eigenvalue weighted by Crippen LogP contribution is 2.16. The summed E-state index contributed by atoms with van der Waals surface area (Å²) in [5.74, 6) is 1.03. The van der Waals surface area contributed by atoms with Crippen LogP contribution in [0.2, 0.25) is 0 Å². The van der Waals surface area contributed by atoms with Crippen LogP contribution in [0, 0.1) is 0 Å². The molecule has 1 aromatic carbocycles. The number of hydrogen-bond acceptors (Lipinski definition) is 3. The molecule has 2 rings (SSSR count). The Balaban J connectivity index is 0.00000264. The molecule has 1 heterocycles. The number of carbonyl (C=O) groups excluding carboxylic acids is 1. The first-order chi connectivity index (χ1) is 10.6. The van der Waals surface area contributed by atoms with Gasteiger partial charge in [0.25, 0.3) is 0 Å². The van der Waals surface area contributed by atoms with Crippen molar-refractivity contribution in [3.63, 3.8) is 0 Å². The molecule has 1 aliphatic heterocycles. The fourth-order valence-electron chi connectivity index (χ4n) is 2.63. The summed E-state index contributed by atoms with van der Waals surface area (Å²) >= 11 is 3.39. The van der Waals surface area contributed by atoms with Gasteiger partial charge >= 0.3 is 0 Å². The van der Waals surface area contributed by atoms with Crippen molar-refractivity contribution in [2.24, 2.45) is 0 Å². The second kappa shape index (κ2) is 10.9. The lowest BCUT2D eigenvalue weighted by molar-refractivity contribution is -0.122. The first-order valence-electron chi connectivity index (χ1n) is 8.06. The van der Waals surface area contributed by atoms with E-state index >= 15 is 0 Å². The molecule has 0 bridgehead atoms. The van der Waals surface area contributed by atoms with Crippen molar-refractivity contribution in [2.75, 3.05) is 13.2 Å². The van der Waals surface area contributed by atoms with Crippen molar-refractivity contribution < 1.29 is 9.53 Å². The van der Waals surface area contributed by atoms with Crippen LogP contribution in [0.5, 0.6) is 5.75 Å². The molecular weight excluding hydrogens is 380 g/mol. The van der Waals surface area contributed by atoms with E-state index in [0.29, 0.717) is 19.1 Å². The van der Waals surface area contributed by atoms with Crippen LogP contribution in [0.25, 0.3) is 0 Å². The standard InChI is InChI=1S/C17H25BrN2O2.ClH/c1-13-16(5-4-11-19-13)20-17(21)6-2-3-12-22-15-9-7-14(18)8-10-15;/h7-10,13,16,19H,2-6,11-12H2,1H3,(H,20,21);1H. The van der Waals surface area contributed by atoms with Crippen LogP contribution in [-0.2, 0) is 4.79 Å². The Labute approximate surface area is 153 Å². The summed E-state index contributed by atoms with van der Waals surface area (Å²) in [6.45, 7) is 3.84. The largest absolute Gasteiger partial charge is 0.494 e. The van der Waals surface area contributed by atoms with Gasteiger partial charge < -0.3 is 15.4 Å². The van der Waals surface area contributed by atoms with Crippen LogP contribution in [-0.4, -0.2) is 31.1 Å². The highest BCUT2D eigenvalue weighted by atomic mass is 79.9. The maximum absolute atomic E-state index is 11.9. The van der Waals surface area contributed by atoms with Crippen LogP contribution in [0.1, 0.15) is 39.0 Å². The van der Waals surface area contributed by atoms with Gasteiger partial charge in [0.1, 0.15) is 5.75 Å². The first-order valence-corrected chi connectivity index (χ1v) is 8.85. The Kier molecular flexibility index (Phi) is 9.60. The lowest BCUT2D eigenvalue weighted by Crippen LogP contribution is -2.51. The fraction of sp³-hybridized carbons (Fsp3) is 0.588. The molecule has 1 amide bonds. The molecule has 4 nitrogen and oxygen atoms in total. The maximum Gasteiger partial charge on any atom is 0.220 e. The number of rotatable bonds is 7. The number of halogens is 2. The second-order valence-corrected chi connectivity index (χ2v) is 6.73. The van der Waals surface area contributed by atoms with E-state index in [2.05, 4.69) is 33.5 Å². The summed E-state index contributed by atoms with van der Waals surface area (Å²) in [5, 5.41) is 6.53. The molecule has 0 saturated carbocycles. The van der Waals surface area contributed by atoms with E-state index in [9.17, 15) is 4.79 Å². The molecular formula is C17H26BrClN2O2. The molecule has 130 valence electrons. The van der Waals surface area contributed by atoms with Gasteiger partial charge in [-0.1, -0.05) is 15.9 Å². The smallest absolute Gasteiger partial charge is 0.220 e. The number of piperidine rings is 1. The van der Waals surface area contributed by atoms with E-state index in [1.807, 2.05) is 24.3 Å². The third kappa shape index (κ3) is 7.55. The summed E-state index contributed by atoms with van der Waals surface area (Å²) < 4.78 is 6.69. The molecule has 6 heteroatoms. The SMILES string of the molecule is CC1NCCCC1NC(=O)CCCCOc1ccc(Br)cc1.Cl. The second-order valence-electron chi connectivity index (χ2n) is 5.82. The number of nitrogens with one attached hydrogen (secondary N) is 2. The van der Waals surface area contributed by atoms with Crippen molar-refractivity contribution >= 4 is 34.2 Å². The van der Waals surface area contributed by atoms with Crippen molar-refractivity contribution in [1.82, 2.24) is 10.6 Å². The molecule has 2 unspecified atom stereocenters. The molecule has 1 aromatic rings. The zero-order valence-electron chi connectivity index (χ0n) is 13.5. The minimum atomic E-state index is 0. The monoisotopic (exact) mass is 404 g/mol. The molecule has 23 heavy (non-hydrogen) atoms. The summed E-state index contributed by atoms with van der Waals surface area (Å²) in [4.78, 5) is 11.9. The molecule has 2 N–H and O–H groups in total. The van der Waals surface area contributed by atoms with E-state index in [-0.39, 0.29) is 24.4 Å². The number of benzene rings is 1. The van der Waals surface area contributed by atoms with Gasteiger partial charge in [-0.2, -0.15) is 0 Å². The van der Waals surface area contributed by atoms with Crippen LogP contribution in [0.15, 0.2) is 28.7 Å². The number of carbonyl (C=O) groups is 1. The lowest BCUT2D eigenvalue weighted by atomic mass is 9.99. The van der Waals surface area contributed by atoms with E-state index in [4.69, 9.17) is 4.74 Å². The number of unbranched alkanes of at least 4 members (excludes halogenated alkanes) is 1. The van der Waals surface area contributed by atoms with Crippen molar-refractivity contribution in [2.45, 2.75) is 51.1 Å². The van der Waals surface area contributed by atoms with E-state index in [1.54, 1.807) is 0 Å². The fourth-order valence-corrected chi connectivity index (χ4v) is 2.89. The van der Waals surface area contributed by atoms with E-state index in [1.165, 1.54) is 0 Å². The van der Waals surface area contributed by atoms with Crippen LogP contribution in [0.4, 0.5) is 0 Å². The third-order valence-electron chi connectivity index (χ3n) is 3.99. The Bertz CT molecular complexity index is 470. The lowest BCUT2D eigenvalue weighted by Gasteiger charge is -2.30. The highest BCUT2D eigenvalue weighted by molar-refractivity contribution is 9.10. The average molecular weight is 406 g/mol. The zero-order valence-corrected chi connectivity index (χ0v) is 15.9. The predicted molar refractivity (Wildman–Crippen MR) is 99.4 cm³/mol. The number of amides is 1. The van der Waals surface area contributed by atoms with Gasteiger partial charge in [-0.3, -0.25) is 4.79 Å². The van der Waals surface area contributed by atoms with Gasteiger partial charge in [0.05, 0.1) is 6.61 Å². The number of hydrogen-bond donors (Lipinski definition) is 2. The predicted octanol–water partition coefficient (Wildman–Crippen LogP) is 3.68. The average Bonchev–Trinajstić information content (AvgIpc) is 2.51. The number of ether oxygens (including phenoxy) is 1. The van der Waals surface area contributed by atoms with Gasteiger partial charge in [-0.05, 0) is 63.4 Å². The maximum atomic E-state index is 11.9.